The number of hydrogen-bond donors (Lipinski definition) is 1. The molecular weight excluding hydrogens is 459 g/mol. The molecule has 0 radical (unpaired) electrons. The first-order valence-electron chi connectivity index (χ1n) is 11.4. The van der Waals surface area contributed by atoms with E-state index >= 15 is 0 Å². The van der Waals surface area contributed by atoms with E-state index in [1.807, 2.05) is 32.0 Å². The summed E-state index contributed by atoms with van der Waals surface area (Å²) in [7, 11) is 0. The number of benzene rings is 3. The van der Waals surface area contributed by atoms with Crippen molar-refractivity contribution < 1.29 is 18.7 Å². The number of halogens is 1. The molecule has 0 bridgehead atoms. The standard InChI is InChI=1S/C28H25FN4O3/c1-3-36-23-14-12-22(13-15-23)33(28(35)25-18-30-16-17-31-25)26(24-7-5-4-6-19(24)2)27(34)32-21-10-8-20(29)9-11-21/h4-18,26H,3H2,1-2H3,(H,32,34). The molecule has 0 saturated carbocycles. The van der Waals surface area contributed by atoms with E-state index in [-0.39, 0.29) is 5.69 Å². The van der Waals surface area contributed by atoms with Crippen LogP contribution >= 0.6 is 0 Å². The first kappa shape index (κ1) is 24.5. The van der Waals surface area contributed by atoms with Gasteiger partial charge in [0.15, 0.2) is 0 Å². The molecule has 1 heterocycles. The van der Waals surface area contributed by atoms with Crippen molar-refractivity contribution in [2.75, 3.05) is 16.8 Å². The molecule has 36 heavy (non-hydrogen) atoms. The lowest BCUT2D eigenvalue weighted by Crippen LogP contribution is -2.42. The SMILES string of the molecule is CCOc1ccc(N(C(=O)c2cnccn2)C(C(=O)Nc2ccc(F)cc2)c2ccccc2C)cc1. The van der Waals surface area contributed by atoms with Gasteiger partial charge in [0, 0.05) is 23.8 Å². The van der Waals surface area contributed by atoms with Gasteiger partial charge in [-0.15, -0.1) is 0 Å². The van der Waals surface area contributed by atoms with Crippen LogP contribution in [-0.4, -0.2) is 28.4 Å². The highest BCUT2D eigenvalue weighted by molar-refractivity contribution is 6.11. The van der Waals surface area contributed by atoms with Crippen LogP contribution in [0.15, 0.2) is 91.4 Å². The van der Waals surface area contributed by atoms with Crippen LogP contribution in [0.4, 0.5) is 15.8 Å². The molecule has 1 N–H and O–H groups in total. The van der Waals surface area contributed by atoms with Crippen molar-refractivity contribution in [2.45, 2.75) is 19.9 Å². The zero-order chi connectivity index (χ0) is 25.5. The van der Waals surface area contributed by atoms with Gasteiger partial charge in [-0.2, -0.15) is 0 Å². The first-order chi connectivity index (χ1) is 17.5. The highest BCUT2D eigenvalue weighted by atomic mass is 19.1. The summed E-state index contributed by atoms with van der Waals surface area (Å²) in [6.45, 7) is 4.25. The summed E-state index contributed by atoms with van der Waals surface area (Å²) in [4.78, 5) is 37.2. The number of nitrogens with one attached hydrogen (secondary N) is 1. The Morgan fingerprint density at radius 3 is 2.36 bits per heavy atom. The second-order valence-electron chi connectivity index (χ2n) is 7.95. The Labute approximate surface area is 208 Å². The van der Waals surface area contributed by atoms with Crippen molar-refractivity contribution in [3.63, 3.8) is 0 Å². The van der Waals surface area contributed by atoms with Crippen LogP contribution in [0.5, 0.6) is 5.75 Å². The number of rotatable bonds is 8. The lowest BCUT2D eigenvalue weighted by Gasteiger charge is -2.32. The number of anilines is 2. The fourth-order valence-corrected chi connectivity index (χ4v) is 3.82. The number of hydrogen-bond acceptors (Lipinski definition) is 5. The van der Waals surface area contributed by atoms with Crippen LogP contribution < -0.4 is 15.0 Å². The van der Waals surface area contributed by atoms with Crippen LogP contribution in [0.2, 0.25) is 0 Å². The van der Waals surface area contributed by atoms with Gasteiger partial charge in [-0.25, -0.2) is 9.37 Å². The molecule has 4 rings (SSSR count). The Hall–Kier alpha value is -4.59. The average Bonchev–Trinajstić information content (AvgIpc) is 2.90. The quantitative estimate of drug-likeness (QED) is 0.365. The Morgan fingerprint density at radius 1 is 1.00 bits per heavy atom. The van der Waals surface area contributed by atoms with Gasteiger partial charge in [-0.05, 0) is 73.5 Å². The topological polar surface area (TPSA) is 84.4 Å². The molecule has 4 aromatic rings. The van der Waals surface area contributed by atoms with Crippen molar-refractivity contribution in [1.29, 1.82) is 0 Å². The minimum atomic E-state index is -1.07. The van der Waals surface area contributed by atoms with E-state index in [1.54, 1.807) is 30.3 Å². The van der Waals surface area contributed by atoms with Crippen LogP contribution in [0.3, 0.4) is 0 Å². The van der Waals surface area contributed by atoms with Gasteiger partial charge in [0.25, 0.3) is 11.8 Å². The molecule has 7 nitrogen and oxygen atoms in total. The molecule has 0 aliphatic rings. The molecule has 3 aromatic carbocycles. The Balaban J connectivity index is 1.84. The van der Waals surface area contributed by atoms with E-state index in [0.29, 0.717) is 29.3 Å². The van der Waals surface area contributed by atoms with Gasteiger partial charge < -0.3 is 10.1 Å². The number of carbonyl (C=O) groups is 2. The monoisotopic (exact) mass is 484 g/mol. The van der Waals surface area contributed by atoms with Crippen molar-refractivity contribution in [2.24, 2.45) is 0 Å². The average molecular weight is 485 g/mol. The molecule has 0 saturated heterocycles. The summed E-state index contributed by atoms with van der Waals surface area (Å²) in [5.41, 5.74) is 2.40. The van der Waals surface area contributed by atoms with Crippen LogP contribution in [0.1, 0.15) is 34.6 Å². The maximum atomic E-state index is 13.8. The van der Waals surface area contributed by atoms with Gasteiger partial charge in [-0.1, -0.05) is 24.3 Å². The van der Waals surface area contributed by atoms with Gasteiger partial charge in [0.2, 0.25) is 0 Å². The highest BCUT2D eigenvalue weighted by Gasteiger charge is 2.35. The number of carbonyl (C=O) groups excluding carboxylic acids is 2. The molecule has 1 unspecified atom stereocenters. The Kier molecular flexibility index (Phi) is 7.65. The minimum absolute atomic E-state index is 0.0829. The third-order valence-electron chi connectivity index (χ3n) is 5.53. The fourth-order valence-electron chi connectivity index (χ4n) is 3.82. The predicted molar refractivity (Wildman–Crippen MR) is 135 cm³/mol. The normalized spacial score (nSPS) is 11.4. The Bertz CT molecular complexity index is 1330. The molecule has 8 heteroatoms. The Morgan fingerprint density at radius 2 is 1.72 bits per heavy atom. The number of aromatic nitrogens is 2. The van der Waals surface area contributed by atoms with E-state index in [9.17, 15) is 14.0 Å². The summed E-state index contributed by atoms with van der Waals surface area (Å²) >= 11 is 0. The van der Waals surface area contributed by atoms with E-state index in [1.165, 1.54) is 47.8 Å². The molecule has 1 aromatic heterocycles. The summed E-state index contributed by atoms with van der Waals surface area (Å²) in [5.74, 6) is -0.759. The first-order valence-corrected chi connectivity index (χ1v) is 11.4. The fraction of sp³-hybridized carbons (Fsp3) is 0.143. The minimum Gasteiger partial charge on any atom is -0.494 e. The number of amides is 2. The van der Waals surface area contributed by atoms with E-state index < -0.39 is 23.7 Å². The zero-order valence-electron chi connectivity index (χ0n) is 19.9. The summed E-state index contributed by atoms with van der Waals surface area (Å²) in [5, 5.41) is 2.82. The van der Waals surface area contributed by atoms with Crippen LogP contribution in [-0.2, 0) is 4.79 Å². The predicted octanol–water partition coefficient (Wildman–Crippen LogP) is 5.35. The molecule has 0 fully saturated rings. The summed E-state index contributed by atoms with van der Waals surface area (Å²) in [6.07, 6.45) is 4.25. The van der Waals surface area contributed by atoms with Gasteiger partial charge in [0.1, 0.15) is 23.3 Å². The van der Waals surface area contributed by atoms with Gasteiger partial charge in [0.05, 0.1) is 12.8 Å². The summed E-state index contributed by atoms with van der Waals surface area (Å²) in [6, 6.07) is 18.6. The van der Waals surface area contributed by atoms with Crippen molar-refractivity contribution in [3.8, 4) is 5.75 Å². The molecule has 0 aliphatic carbocycles. The maximum absolute atomic E-state index is 13.8. The third kappa shape index (κ3) is 5.55. The van der Waals surface area contributed by atoms with Gasteiger partial charge in [-0.3, -0.25) is 19.5 Å². The second kappa shape index (κ2) is 11.2. The van der Waals surface area contributed by atoms with Crippen molar-refractivity contribution in [1.82, 2.24) is 9.97 Å². The molecule has 2 amide bonds. The van der Waals surface area contributed by atoms with E-state index in [4.69, 9.17) is 4.74 Å². The maximum Gasteiger partial charge on any atom is 0.279 e. The van der Waals surface area contributed by atoms with E-state index in [0.717, 1.165) is 5.56 Å². The third-order valence-corrected chi connectivity index (χ3v) is 5.53. The number of ether oxygens (including phenoxy) is 1. The van der Waals surface area contributed by atoms with Gasteiger partial charge >= 0.3 is 0 Å². The van der Waals surface area contributed by atoms with Crippen LogP contribution in [0.25, 0.3) is 0 Å². The van der Waals surface area contributed by atoms with Crippen LogP contribution in [0, 0.1) is 12.7 Å². The molecular formula is C28H25FN4O3. The molecule has 0 spiro atoms. The highest BCUT2D eigenvalue weighted by Crippen LogP contribution is 2.33. The van der Waals surface area contributed by atoms with Crippen molar-refractivity contribution >= 4 is 23.2 Å². The van der Waals surface area contributed by atoms with E-state index in [2.05, 4.69) is 15.3 Å². The lowest BCUT2D eigenvalue weighted by atomic mass is 9.97. The number of nitrogens with zero attached hydrogens (tertiary/aromatic N) is 3. The molecule has 1 atom stereocenters. The second-order valence-corrected chi connectivity index (χ2v) is 7.95. The molecule has 182 valence electrons. The smallest absolute Gasteiger partial charge is 0.279 e. The number of aryl methyl sites for hydroxylation is 1. The summed E-state index contributed by atoms with van der Waals surface area (Å²) < 4.78 is 19.0. The zero-order valence-corrected chi connectivity index (χ0v) is 19.9. The van der Waals surface area contributed by atoms with Crippen molar-refractivity contribution in [3.05, 3.63) is 114 Å². The largest absolute Gasteiger partial charge is 0.494 e. The lowest BCUT2D eigenvalue weighted by molar-refractivity contribution is -0.117. The molecule has 0 aliphatic heterocycles.